The van der Waals surface area contributed by atoms with Crippen molar-refractivity contribution in [3.8, 4) is 11.1 Å². The molecule has 168 valence electrons. The van der Waals surface area contributed by atoms with Crippen molar-refractivity contribution in [2.45, 2.75) is 76.8 Å². The minimum Gasteiger partial charge on any atom is -0.206 e. The van der Waals surface area contributed by atoms with Gasteiger partial charge in [0.25, 0.3) is 0 Å². The lowest BCUT2D eigenvalue weighted by Gasteiger charge is -2.38. The first kappa shape index (κ1) is 22.4. The minimum atomic E-state index is -4.67. The predicted octanol–water partition coefficient (Wildman–Crippen LogP) is 9.00. The molecule has 0 N–H and O–H groups in total. The third-order valence-corrected chi connectivity index (χ3v) is 7.90. The van der Waals surface area contributed by atoms with Crippen LogP contribution in [0.5, 0.6) is 0 Å². The summed E-state index contributed by atoms with van der Waals surface area (Å²) in [6.07, 6.45) is 7.34. The van der Waals surface area contributed by atoms with Crippen LogP contribution in [0.3, 0.4) is 0 Å². The Morgan fingerprint density at radius 3 is 1.81 bits per heavy atom. The zero-order valence-electron chi connectivity index (χ0n) is 18.2. The van der Waals surface area contributed by atoms with Crippen LogP contribution in [0.4, 0.5) is 17.6 Å². The highest BCUT2D eigenvalue weighted by Crippen LogP contribution is 2.44. The third kappa shape index (κ3) is 5.15. The van der Waals surface area contributed by atoms with Crippen LogP contribution >= 0.6 is 0 Å². The number of rotatable bonds is 4. The molecule has 0 saturated heterocycles. The molecule has 0 bridgehead atoms. The summed E-state index contributed by atoms with van der Waals surface area (Å²) in [5.41, 5.74) is 1.30. The number of hydrogen-bond acceptors (Lipinski definition) is 0. The van der Waals surface area contributed by atoms with E-state index in [1.165, 1.54) is 69.4 Å². The molecular formula is C27H32F4. The van der Waals surface area contributed by atoms with Gasteiger partial charge in [-0.1, -0.05) is 56.5 Å². The highest BCUT2D eigenvalue weighted by atomic mass is 19.4. The molecule has 0 nitrogen and oxygen atoms in total. The highest BCUT2D eigenvalue weighted by Gasteiger charge is 2.34. The lowest BCUT2D eigenvalue weighted by atomic mass is 9.68. The fourth-order valence-corrected chi connectivity index (χ4v) is 5.86. The fraction of sp³-hybridized carbons (Fsp3) is 0.556. The van der Waals surface area contributed by atoms with Gasteiger partial charge in [0.2, 0.25) is 0 Å². The van der Waals surface area contributed by atoms with E-state index >= 15 is 0 Å². The largest absolute Gasteiger partial charge is 0.419 e. The molecule has 31 heavy (non-hydrogen) atoms. The SMILES string of the molecule is CCC1CCC(C2CCC(c3ccc(-c4ccc(C(F)(F)F)c(F)c4)cc3)CC2)CC1. The Hall–Kier alpha value is -1.84. The predicted molar refractivity (Wildman–Crippen MR) is 117 cm³/mol. The van der Waals surface area contributed by atoms with Gasteiger partial charge in [-0.3, -0.25) is 0 Å². The zero-order valence-corrected chi connectivity index (χ0v) is 18.2. The highest BCUT2D eigenvalue weighted by molar-refractivity contribution is 5.64. The second-order valence-electron chi connectivity index (χ2n) is 9.62. The summed E-state index contributed by atoms with van der Waals surface area (Å²) < 4.78 is 52.3. The maximum absolute atomic E-state index is 13.9. The molecule has 4 rings (SSSR count). The van der Waals surface area contributed by atoms with Crippen molar-refractivity contribution >= 4 is 0 Å². The van der Waals surface area contributed by atoms with E-state index in [9.17, 15) is 17.6 Å². The van der Waals surface area contributed by atoms with Gasteiger partial charge in [-0.15, -0.1) is 0 Å². The van der Waals surface area contributed by atoms with Crippen LogP contribution < -0.4 is 0 Å². The molecule has 2 fully saturated rings. The molecule has 2 aliphatic rings. The van der Waals surface area contributed by atoms with Gasteiger partial charge in [0.15, 0.2) is 0 Å². The summed E-state index contributed by atoms with van der Waals surface area (Å²) in [6, 6.07) is 11.1. The van der Waals surface area contributed by atoms with Gasteiger partial charge < -0.3 is 0 Å². The second kappa shape index (κ2) is 9.34. The van der Waals surface area contributed by atoms with E-state index in [0.29, 0.717) is 11.5 Å². The summed E-state index contributed by atoms with van der Waals surface area (Å²) in [7, 11) is 0. The van der Waals surface area contributed by atoms with Gasteiger partial charge in [0.1, 0.15) is 5.82 Å². The van der Waals surface area contributed by atoms with Crippen molar-refractivity contribution < 1.29 is 17.6 Å². The molecule has 0 heterocycles. The van der Waals surface area contributed by atoms with Gasteiger partial charge >= 0.3 is 6.18 Å². The molecule has 0 spiro atoms. The van der Waals surface area contributed by atoms with Crippen molar-refractivity contribution in [2.75, 3.05) is 0 Å². The van der Waals surface area contributed by atoms with Gasteiger partial charge in [-0.05, 0) is 91.0 Å². The Bertz CT molecular complexity index is 852. The minimum absolute atomic E-state index is 0.475. The van der Waals surface area contributed by atoms with Crippen molar-refractivity contribution in [1.29, 1.82) is 0 Å². The van der Waals surface area contributed by atoms with Crippen LogP contribution in [-0.4, -0.2) is 0 Å². The molecule has 0 aromatic heterocycles. The number of halogens is 4. The van der Waals surface area contributed by atoms with Gasteiger partial charge in [-0.25, -0.2) is 4.39 Å². The van der Waals surface area contributed by atoms with Crippen LogP contribution in [0.25, 0.3) is 11.1 Å². The summed E-state index contributed by atoms with van der Waals surface area (Å²) >= 11 is 0. The van der Waals surface area contributed by atoms with Gasteiger partial charge in [-0.2, -0.15) is 13.2 Å². The Labute approximate surface area is 183 Å². The fourth-order valence-electron chi connectivity index (χ4n) is 5.86. The van der Waals surface area contributed by atoms with Crippen LogP contribution in [0.15, 0.2) is 42.5 Å². The first-order valence-electron chi connectivity index (χ1n) is 11.8. The third-order valence-electron chi connectivity index (χ3n) is 7.90. The molecule has 0 aliphatic heterocycles. The van der Waals surface area contributed by atoms with E-state index in [2.05, 4.69) is 19.1 Å². The summed E-state index contributed by atoms with van der Waals surface area (Å²) in [5.74, 6) is 2.08. The normalized spacial score (nSPS) is 27.3. The Balaban J connectivity index is 1.36. The molecule has 4 heteroatoms. The molecule has 0 unspecified atom stereocenters. The van der Waals surface area contributed by atoms with Crippen LogP contribution in [-0.2, 0) is 6.18 Å². The summed E-state index contributed by atoms with van der Waals surface area (Å²) in [6.45, 7) is 2.32. The molecule has 0 amide bonds. The number of alkyl halides is 3. The van der Waals surface area contributed by atoms with Gasteiger partial charge in [0, 0.05) is 0 Å². The van der Waals surface area contributed by atoms with E-state index in [1.54, 1.807) is 0 Å². The number of benzene rings is 2. The molecule has 2 saturated carbocycles. The molecule has 2 aromatic rings. The molecule has 0 atom stereocenters. The monoisotopic (exact) mass is 432 g/mol. The standard InChI is InChI=1S/C27H32F4/c1-2-18-3-5-19(6-4-18)20-7-9-21(10-8-20)22-11-13-23(14-12-22)24-15-16-25(26(28)17-24)27(29,30)31/h11-21H,2-10H2,1H3. The Kier molecular flexibility index (Phi) is 6.74. The van der Waals surface area contributed by atoms with Crippen molar-refractivity contribution in [1.82, 2.24) is 0 Å². The van der Waals surface area contributed by atoms with Crippen molar-refractivity contribution in [3.63, 3.8) is 0 Å². The molecular weight excluding hydrogens is 400 g/mol. The van der Waals surface area contributed by atoms with E-state index in [0.717, 1.165) is 35.4 Å². The Morgan fingerprint density at radius 1 is 0.742 bits per heavy atom. The average molecular weight is 433 g/mol. The molecule has 0 radical (unpaired) electrons. The van der Waals surface area contributed by atoms with Crippen LogP contribution in [0.1, 0.15) is 81.8 Å². The average Bonchev–Trinajstić information content (AvgIpc) is 2.78. The lowest BCUT2D eigenvalue weighted by Crippen LogP contribution is -2.25. The van der Waals surface area contributed by atoms with Crippen molar-refractivity contribution in [3.05, 3.63) is 59.4 Å². The van der Waals surface area contributed by atoms with E-state index in [1.807, 2.05) is 12.1 Å². The van der Waals surface area contributed by atoms with E-state index < -0.39 is 17.6 Å². The summed E-state index contributed by atoms with van der Waals surface area (Å²) in [4.78, 5) is 0. The molecule has 2 aromatic carbocycles. The topological polar surface area (TPSA) is 0 Å². The maximum atomic E-state index is 13.9. The van der Waals surface area contributed by atoms with Gasteiger partial charge in [0.05, 0.1) is 5.56 Å². The Morgan fingerprint density at radius 2 is 1.29 bits per heavy atom. The number of hydrogen-bond donors (Lipinski definition) is 0. The van der Waals surface area contributed by atoms with Crippen molar-refractivity contribution in [2.24, 2.45) is 17.8 Å². The van der Waals surface area contributed by atoms with E-state index in [-0.39, 0.29) is 0 Å². The quantitative estimate of drug-likeness (QED) is 0.423. The summed E-state index contributed by atoms with van der Waals surface area (Å²) in [5, 5.41) is 0. The van der Waals surface area contributed by atoms with Crippen LogP contribution in [0, 0.1) is 23.6 Å². The first-order valence-corrected chi connectivity index (χ1v) is 11.8. The second-order valence-corrected chi connectivity index (χ2v) is 9.62. The zero-order chi connectivity index (χ0) is 22.0. The lowest BCUT2D eigenvalue weighted by molar-refractivity contribution is -0.139. The first-order chi connectivity index (χ1) is 14.8. The maximum Gasteiger partial charge on any atom is 0.419 e. The smallest absolute Gasteiger partial charge is 0.206 e. The van der Waals surface area contributed by atoms with E-state index in [4.69, 9.17) is 0 Å². The molecule has 2 aliphatic carbocycles. The van der Waals surface area contributed by atoms with Crippen LogP contribution in [0.2, 0.25) is 0 Å².